The summed E-state index contributed by atoms with van der Waals surface area (Å²) in [7, 11) is 0. The number of hydrogen-bond donors (Lipinski definition) is 3. The third-order valence-corrected chi connectivity index (χ3v) is 4.25. The van der Waals surface area contributed by atoms with Gasteiger partial charge >= 0.3 is 0 Å². The zero-order valence-corrected chi connectivity index (χ0v) is 16.2. The molecule has 0 bridgehead atoms. The molecule has 2 atom stereocenters. The van der Waals surface area contributed by atoms with Crippen LogP contribution in [0.4, 0.5) is 0 Å². The number of nitrogens with one attached hydrogen (secondary N) is 2. The highest BCUT2D eigenvalue weighted by Gasteiger charge is 2.26. The number of aryl methyl sites for hydroxylation is 1. The predicted molar refractivity (Wildman–Crippen MR) is 101 cm³/mol. The molecule has 1 aliphatic rings. The van der Waals surface area contributed by atoms with Crippen LogP contribution < -0.4 is 10.6 Å². The monoisotopic (exact) mass is 367 g/mol. The van der Waals surface area contributed by atoms with E-state index in [4.69, 9.17) is 13.9 Å². The van der Waals surface area contributed by atoms with Crippen molar-refractivity contribution in [3.05, 3.63) is 23.7 Å². The van der Waals surface area contributed by atoms with E-state index in [1.54, 1.807) is 13.0 Å². The second kappa shape index (κ2) is 10.5. The van der Waals surface area contributed by atoms with E-state index < -0.39 is 5.60 Å². The zero-order chi connectivity index (χ0) is 18.8. The van der Waals surface area contributed by atoms with E-state index in [0.29, 0.717) is 24.9 Å². The van der Waals surface area contributed by atoms with Crippen LogP contribution in [0.2, 0.25) is 0 Å². The van der Waals surface area contributed by atoms with Crippen molar-refractivity contribution < 1.29 is 19.0 Å². The fraction of sp³-hybridized carbons (Fsp3) is 0.737. The number of hydrogen-bond acceptors (Lipinski definition) is 5. The van der Waals surface area contributed by atoms with Crippen LogP contribution in [0.3, 0.4) is 0 Å². The SMILES string of the molecule is CCNC(=NCC(C)(O)c1ccc(C)o1)NCCCOCC1CCCO1. The van der Waals surface area contributed by atoms with Gasteiger partial charge in [0.15, 0.2) is 5.96 Å². The highest BCUT2D eigenvalue weighted by molar-refractivity contribution is 5.79. The van der Waals surface area contributed by atoms with Gasteiger partial charge in [0.05, 0.1) is 19.3 Å². The van der Waals surface area contributed by atoms with Crippen molar-refractivity contribution in [2.24, 2.45) is 4.99 Å². The van der Waals surface area contributed by atoms with Crippen molar-refractivity contribution in [3.63, 3.8) is 0 Å². The van der Waals surface area contributed by atoms with Gasteiger partial charge < -0.3 is 29.6 Å². The minimum absolute atomic E-state index is 0.213. The molecule has 0 aliphatic carbocycles. The Morgan fingerprint density at radius 2 is 2.27 bits per heavy atom. The second-order valence-corrected chi connectivity index (χ2v) is 6.87. The number of guanidine groups is 1. The molecule has 0 aromatic carbocycles. The summed E-state index contributed by atoms with van der Waals surface area (Å²) in [5.41, 5.74) is -1.14. The molecule has 1 aromatic heterocycles. The van der Waals surface area contributed by atoms with Crippen LogP contribution in [0.1, 0.15) is 44.6 Å². The van der Waals surface area contributed by atoms with Crippen molar-refractivity contribution in [2.45, 2.75) is 51.7 Å². The Kier molecular flexibility index (Phi) is 8.41. The Morgan fingerprint density at radius 1 is 1.42 bits per heavy atom. The first kappa shape index (κ1) is 20.7. The van der Waals surface area contributed by atoms with Crippen LogP contribution in [-0.4, -0.2) is 56.6 Å². The van der Waals surface area contributed by atoms with Gasteiger partial charge in [-0.2, -0.15) is 0 Å². The smallest absolute Gasteiger partial charge is 0.191 e. The van der Waals surface area contributed by atoms with Gasteiger partial charge in [-0.15, -0.1) is 0 Å². The third-order valence-electron chi connectivity index (χ3n) is 4.25. The molecule has 0 saturated carbocycles. The number of rotatable bonds is 10. The van der Waals surface area contributed by atoms with Crippen LogP contribution in [0.5, 0.6) is 0 Å². The second-order valence-electron chi connectivity index (χ2n) is 6.87. The van der Waals surface area contributed by atoms with Crippen LogP contribution in [0.15, 0.2) is 21.5 Å². The maximum atomic E-state index is 10.6. The van der Waals surface area contributed by atoms with Gasteiger partial charge in [0.1, 0.15) is 17.1 Å². The first-order valence-corrected chi connectivity index (χ1v) is 9.52. The molecule has 26 heavy (non-hydrogen) atoms. The quantitative estimate of drug-likeness (QED) is 0.333. The molecular formula is C19H33N3O4. The number of aliphatic imine (C=N–C) groups is 1. The number of furan rings is 1. The molecule has 1 aromatic rings. The molecule has 7 heteroatoms. The summed E-state index contributed by atoms with van der Waals surface area (Å²) in [6.45, 7) is 9.52. The van der Waals surface area contributed by atoms with Gasteiger partial charge in [0, 0.05) is 26.3 Å². The average molecular weight is 367 g/mol. The molecule has 2 heterocycles. The van der Waals surface area contributed by atoms with Crippen molar-refractivity contribution in [3.8, 4) is 0 Å². The first-order chi connectivity index (χ1) is 12.5. The summed E-state index contributed by atoms with van der Waals surface area (Å²) >= 11 is 0. The molecule has 2 unspecified atom stereocenters. The van der Waals surface area contributed by atoms with E-state index in [9.17, 15) is 5.11 Å². The summed E-state index contributed by atoms with van der Waals surface area (Å²) in [4.78, 5) is 4.48. The van der Waals surface area contributed by atoms with Crippen LogP contribution in [0, 0.1) is 6.92 Å². The Morgan fingerprint density at radius 3 is 2.92 bits per heavy atom. The van der Waals surface area contributed by atoms with Gasteiger partial charge in [-0.1, -0.05) is 0 Å². The van der Waals surface area contributed by atoms with Gasteiger partial charge in [-0.05, 0) is 52.2 Å². The number of ether oxygens (including phenoxy) is 2. The molecule has 7 nitrogen and oxygen atoms in total. The van der Waals surface area contributed by atoms with Gasteiger partial charge in [-0.3, -0.25) is 0 Å². The normalized spacial score (nSPS) is 20.2. The standard InChI is InChI=1S/C19H33N3O4/c1-4-20-18(21-10-6-11-24-13-16-7-5-12-25-16)22-14-19(3,23)17-9-8-15(2)26-17/h8-9,16,23H,4-7,10-14H2,1-3H3,(H2,20,21,22). The van der Waals surface area contributed by atoms with Gasteiger partial charge in [0.25, 0.3) is 0 Å². The van der Waals surface area contributed by atoms with Crippen molar-refractivity contribution in [1.29, 1.82) is 0 Å². The fourth-order valence-electron chi connectivity index (χ4n) is 2.75. The molecule has 0 radical (unpaired) electrons. The lowest BCUT2D eigenvalue weighted by Crippen LogP contribution is -2.39. The van der Waals surface area contributed by atoms with Crippen molar-refractivity contribution >= 4 is 5.96 Å². The summed E-state index contributed by atoms with van der Waals surface area (Å²) in [6.07, 6.45) is 3.39. The third kappa shape index (κ3) is 6.97. The Bertz CT molecular complexity index is 551. The Hall–Kier alpha value is -1.57. The fourth-order valence-corrected chi connectivity index (χ4v) is 2.75. The van der Waals surface area contributed by atoms with Crippen molar-refractivity contribution in [1.82, 2.24) is 10.6 Å². The molecule has 148 valence electrons. The summed E-state index contributed by atoms with van der Waals surface area (Å²) in [5, 5.41) is 17.0. The van der Waals surface area contributed by atoms with Crippen LogP contribution >= 0.6 is 0 Å². The topological polar surface area (TPSA) is 88.3 Å². The first-order valence-electron chi connectivity index (χ1n) is 9.52. The van der Waals surface area contributed by atoms with Crippen LogP contribution in [-0.2, 0) is 15.1 Å². The van der Waals surface area contributed by atoms with E-state index in [1.165, 1.54) is 0 Å². The molecule has 0 spiro atoms. The molecule has 1 fully saturated rings. The predicted octanol–water partition coefficient (Wildman–Crippen LogP) is 1.94. The molecule has 2 rings (SSSR count). The van der Waals surface area contributed by atoms with Crippen LogP contribution in [0.25, 0.3) is 0 Å². The number of nitrogens with zero attached hydrogens (tertiary/aromatic N) is 1. The molecule has 0 amide bonds. The summed E-state index contributed by atoms with van der Waals surface area (Å²) in [6, 6.07) is 3.63. The maximum absolute atomic E-state index is 10.6. The largest absolute Gasteiger partial charge is 0.463 e. The number of aliphatic hydroxyl groups is 1. The average Bonchev–Trinajstić information content (AvgIpc) is 3.27. The van der Waals surface area contributed by atoms with Crippen molar-refractivity contribution in [2.75, 3.05) is 39.5 Å². The minimum Gasteiger partial charge on any atom is -0.463 e. The van der Waals surface area contributed by atoms with E-state index in [0.717, 1.165) is 44.7 Å². The molecule has 1 saturated heterocycles. The molecule has 3 N–H and O–H groups in total. The zero-order valence-electron chi connectivity index (χ0n) is 16.2. The molecular weight excluding hydrogens is 334 g/mol. The van der Waals surface area contributed by atoms with E-state index in [1.807, 2.05) is 19.9 Å². The highest BCUT2D eigenvalue weighted by atomic mass is 16.5. The lowest BCUT2D eigenvalue weighted by atomic mass is 10.0. The summed E-state index contributed by atoms with van der Waals surface area (Å²) in [5.74, 6) is 1.98. The highest BCUT2D eigenvalue weighted by Crippen LogP contribution is 2.23. The van der Waals surface area contributed by atoms with E-state index >= 15 is 0 Å². The summed E-state index contributed by atoms with van der Waals surface area (Å²) < 4.78 is 16.7. The lowest BCUT2D eigenvalue weighted by molar-refractivity contribution is 0.0168. The maximum Gasteiger partial charge on any atom is 0.191 e. The Balaban J connectivity index is 1.70. The van der Waals surface area contributed by atoms with E-state index in [-0.39, 0.29) is 12.6 Å². The van der Waals surface area contributed by atoms with Gasteiger partial charge in [-0.25, -0.2) is 4.99 Å². The lowest BCUT2D eigenvalue weighted by Gasteiger charge is -2.19. The van der Waals surface area contributed by atoms with Gasteiger partial charge in [0.2, 0.25) is 0 Å². The molecule has 1 aliphatic heterocycles. The van der Waals surface area contributed by atoms with E-state index in [2.05, 4.69) is 15.6 Å². The Labute approximate surface area is 156 Å². The minimum atomic E-state index is -1.14.